The van der Waals surface area contributed by atoms with Crippen LogP contribution >= 0.6 is 0 Å². The lowest BCUT2D eigenvalue weighted by Gasteiger charge is -2.06. The summed E-state index contributed by atoms with van der Waals surface area (Å²) in [5, 5.41) is 0. The van der Waals surface area contributed by atoms with E-state index in [1.807, 2.05) is 20.0 Å². The van der Waals surface area contributed by atoms with Crippen molar-refractivity contribution in [2.45, 2.75) is 47.0 Å². The lowest BCUT2D eigenvalue weighted by molar-refractivity contribution is 0.551. The van der Waals surface area contributed by atoms with E-state index in [0.717, 1.165) is 29.4 Å². The molecule has 78 valence electrons. The van der Waals surface area contributed by atoms with E-state index >= 15 is 0 Å². The molecule has 0 saturated carbocycles. The molecule has 0 bridgehead atoms. The maximum Gasteiger partial charge on any atom is 0.0616 e. The van der Waals surface area contributed by atoms with Crippen molar-refractivity contribution < 1.29 is 0 Å². The summed E-state index contributed by atoms with van der Waals surface area (Å²) < 4.78 is 0. The molecule has 14 heavy (non-hydrogen) atoms. The molecule has 1 aromatic rings. The van der Waals surface area contributed by atoms with Crippen LogP contribution in [0.25, 0.3) is 0 Å². The van der Waals surface area contributed by atoms with Gasteiger partial charge in [-0.1, -0.05) is 20.3 Å². The number of rotatable bonds is 4. The van der Waals surface area contributed by atoms with E-state index in [9.17, 15) is 0 Å². The van der Waals surface area contributed by atoms with Gasteiger partial charge in [-0.25, -0.2) is 0 Å². The SMILES string of the molecule is Cc1cnc(CCCC(C)C)c(C)n1. The van der Waals surface area contributed by atoms with Crippen molar-refractivity contribution in [1.29, 1.82) is 0 Å². The molecule has 2 nitrogen and oxygen atoms in total. The molecule has 0 aromatic carbocycles. The molecule has 0 atom stereocenters. The molecule has 0 unspecified atom stereocenters. The molecule has 0 aliphatic carbocycles. The summed E-state index contributed by atoms with van der Waals surface area (Å²) in [4.78, 5) is 8.82. The lowest BCUT2D eigenvalue weighted by Crippen LogP contribution is -2.00. The van der Waals surface area contributed by atoms with E-state index in [2.05, 4.69) is 23.8 Å². The molecule has 0 aliphatic heterocycles. The molecule has 0 aliphatic rings. The third-order valence-corrected chi connectivity index (χ3v) is 2.36. The van der Waals surface area contributed by atoms with Gasteiger partial charge in [0, 0.05) is 6.20 Å². The van der Waals surface area contributed by atoms with Gasteiger partial charge in [0.05, 0.1) is 17.1 Å². The molecular formula is C12H20N2. The van der Waals surface area contributed by atoms with Crippen LogP contribution in [0.2, 0.25) is 0 Å². The second-order valence-corrected chi connectivity index (χ2v) is 4.33. The minimum atomic E-state index is 0.786. The Kier molecular flexibility index (Phi) is 4.05. The van der Waals surface area contributed by atoms with Gasteiger partial charge in [0.15, 0.2) is 0 Å². The minimum Gasteiger partial charge on any atom is -0.258 e. The van der Waals surface area contributed by atoms with Crippen molar-refractivity contribution in [3.63, 3.8) is 0 Å². The van der Waals surface area contributed by atoms with Crippen LogP contribution in [-0.4, -0.2) is 9.97 Å². The zero-order valence-electron chi connectivity index (χ0n) is 9.67. The highest BCUT2D eigenvalue weighted by Gasteiger charge is 2.02. The Labute approximate surface area is 86.8 Å². The number of hydrogen-bond donors (Lipinski definition) is 0. The largest absolute Gasteiger partial charge is 0.258 e. The highest BCUT2D eigenvalue weighted by molar-refractivity contribution is 5.11. The Balaban J connectivity index is 2.51. The quantitative estimate of drug-likeness (QED) is 0.732. The van der Waals surface area contributed by atoms with Crippen molar-refractivity contribution in [2.24, 2.45) is 5.92 Å². The Morgan fingerprint density at radius 2 is 2.00 bits per heavy atom. The van der Waals surface area contributed by atoms with Gasteiger partial charge in [0.25, 0.3) is 0 Å². The normalized spacial score (nSPS) is 10.9. The predicted molar refractivity (Wildman–Crippen MR) is 59.3 cm³/mol. The van der Waals surface area contributed by atoms with Gasteiger partial charge >= 0.3 is 0 Å². The average Bonchev–Trinajstić information content (AvgIpc) is 2.08. The molecule has 0 radical (unpaired) electrons. The van der Waals surface area contributed by atoms with Crippen molar-refractivity contribution in [3.8, 4) is 0 Å². The number of aromatic nitrogens is 2. The fourth-order valence-corrected chi connectivity index (χ4v) is 1.55. The maximum atomic E-state index is 4.41. The van der Waals surface area contributed by atoms with Gasteiger partial charge in [0.1, 0.15) is 0 Å². The molecule has 2 heteroatoms. The molecule has 0 N–H and O–H groups in total. The van der Waals surface area contributed by atoms with Crippen LogP contribution in [0.4, 0.5) is 0 Å². The van der Waals surface area contributed by atoms with Crippen molar-refractivity contribution in [1.82, 2.24) is 9.97 Å². The molecule has 0 fully saturated rings. The summed E-state index contributed by atoms with van der Waals surface area (Å²) >= 11 is 0. The van der Waals surface area contributed by atoms with Crippen LogP contribution in [0.5, 0.6) is 0 Å². The van der Waals surface area contributed by atoms with Crippen molar-refractivity contribution in [3.05, 3.63) is 23.3 Å². The topological polar surface area (TPSA) is 25.8 Å². The van der Waals surface area contributed by atoms with Gasteiger partial charge in [-0.3, -0.25) is 9.97 Å². The highest BCUT2D eigenvalue weighted by Crippen LogP contribution is 2.10. The predicted octanol–water partition coefficient (Wildman–Crippen LogP) is 3.07. The summed E-state index contributed by atoms with van der Waals surface area (Å²) in [7, 11) is 0. The van der Waals surface area contributed by atoms with E-state index in [0.29, 0.717) is 0 Å². The summed E-state index contributed by atoms with van der Waals surface area (Å²) in [5.74, 6) is 0.786. The first-order valence-corrected chi connectivity index (χ1v) is 5.38. The first-order valence-electron chi connectivity index (χ1n) is 5.38. The van der Waals surface area contributed by atoms with Crippen LogP contribution in [-0.2, 0) is 6.42 Å². The van der Waals surface area contributed by atoms with Crippen LogP contribution in [0.1, 0.15) is 43.8 Å². The van der Waals surface area contributed by atoms with Crippen LogP contribution < -0.4 is 0 Å². The van der Waals surface area contributed by atoms with Gasteiger partial charge in [0.2, 0.25) is 0 Å². The second kappa shape index (κ2) is 5.08. The molecule has 0 spiro atoms. The fraction of sp³-hybridized carbons (Fsp3) is 0.667. The first-order chi connectivity index (χ1) is 6.59. The summed E-state index contributed by atoms with van der Waals surface area (Å²) in [6, 6.07) is 0. The van der Waals surface area contributed by atoms with Crippen molar-refractivity contribution >= 4 is 0 Å². The first kappa shape index (κ1) is 11.2. The smallest absolute Gasteiger partial charge is 0.0616 e. The third-order valence-electron chi connectivity index (χ3n) is 2.36. The fourth-order valence-electron chi connectivity index (χ4n) is 1.55. The van der Waals surface area contributed by atoms with E-state index < -0.39 is 0 Å². The Morgan fingerprint density at radius 1 is 1.29 bits per heavy atom. The minimum absolute atomic E-state index is 0.786. The molecule has 0 amide bonds. The second-order valence-electron chi connectivity index (χ2n) is 4.33. The highest BCUT2D eigenvalue weighted by atomic mass is 14.8. The molecule has 1 heterocycles. The van der Waals surface area contributed by atoms with E-state index in [-0.39, 0.29) is 0 Å². The number of aryl methyl sites for hydroxylation is 3. The van der Waals surface area contributed by atoms with Crippen molar-refractivity contribution in [2.75, 3.05) is 0 Å². The summed E-state index contributed by atoms with van der Waals surface area (Å²) in [6.45, 7) is 8.55. The summed E-state index contributed by atoms with van der Waals surface area (Å²) in [6.07, 6.45) is 5.42. The number of hydrogen-bond acceptors (Lipinski definition) is 2. The Hall–Kier alpha value is -0.920. The Bertz CT molecular complexity index is 292. The van der Waals surface area contributed by atoms with Gasteiger partial charge < -0.3 is 0 Å². The average molecular weight is 192 g/mol. The number of nitrogens with zero attached hydrogens (tertiary/aromatic N) is 2. The summed E-state index contributed by atoms with van der Waals surface area (Å²) in [5.41, 5.74) is 3.26. The maximum absolute atomic E-state index is 4.41. The zero-order chi connectivity index (χ0) is 10.6. The molecular weight excluding hydrogens is 172 g/mol. The van der Waals surface area contributed by atoms with E-state index in [1.165, 1.54) is 12.8 Å². The van der Waals surface area contributed by atoms with Crippen LogP contribution in [0.15, 0.2) is 6.20 Å². The lowest BCUT2D eigenvalue weighted by atomic mass is 10.0. The van der Waals surface area contributed by atoms with Gasteiger partial charge in [-0.2, -0.15) is 0 Å². The Morgan fingerprint density at radius 3 is 2.57 bits per heavy atom. The standard InChI is InChI=1S/C12H20N2/c1-9(2)6-5-7-12-11(4)14-10(3)8-13-12/h8-9H,5-7H2,1-4H3. The van der Waals surface area contributed by atoms with Gasteiger partial charge in [-0.05, 0) is 32.6 Å². The van der Waals surface area contributed by atoms with E-state index in [1.54, 1.807) is 0 Å². The van der Waals surface area contributed by atoms with Gasteiger partial charge in [-0.15, -0.1) is 0 Å². The molecule has 0 saturated heterocycles. The molecule has 1 aromatic heterocycles. The van der Waals surface area contributed by atoms with E-state index in [4.69, 9.17) is 0 Å². The third kappa shape index (κ3) is 3.44. The zero-order valence-corrected chi connectivity index (χ0v) is 9.67. The molecule has 1 rings (SSSR count). The van der Waals surface area contributed by atoms with Crippen LogP contribution in [0.3, 0.4) is 0 Å². The monoisotopic (exact) mass is 192 g/mol. The van der Waals surface area contributed by atoms with Crippen LogP contribution in [0, 0.1) is 19.8 Å².